The van der Waals surface area contributed by atoms with Crippen LogP contribution in [0.4, 0.5) is 4.79 Å². The van der Waals surface area contributed by atoms with Crippen LogP contribution in [-0.4, -0.2) is 44.5 Å². The summed E-state index contributed by atoms with van der Waals surface area (Å²) < 4.78 is 4.86. The molecule has 0 aliphatic carbocycles. The first kappa shape index (κ1) is 8.29. The number of nitrogens with zero attached hydrogens (tertiary/aromatic N) is 1. The second-order valence-corrected chi connectivity index (χ2v) is 2.40. The molecule has 0 saturated carbocycles. The van der Waals surface area contributed by atoms with E-state index in [4.69, 9.17) is 9.57 Å². The molecule has 64 valence electrons. The number of hydrogen-bond acceptors (Lipinski definition) is 4. The molecule has 0 spiro atoms. The summed E-state index contributed by atoms with van der Waals surface area (Å²) in [7, 11) is 3.36. The van der Waals surface area contributed by atoms with Gasteiger partial charge < -0.3 is 14.9 Å². The Kier molecular flexibility index (Phi) is 2.67. The van der Waals surface area contributed by atoms with Crippen molar-refractivity contribution < 1.29 is 14.4 Å². The molecule has 5 nitrogen and oxygen atoms in total. The fourth-order valence-corrected chi connectivity index (χ4v) is 0.895. The summed E-state index contributed by atoms with van der Waals surface area (Å²) in [5, 5.41) is 4.17. The van der Waals surface area contributed by atoms with Gasteiger partial charge in [0, 0.05) is 7.05 Å². The zero-order valence-corrected chi connectivity index (χ0v) is 6.66. The molecule has 1 heterocycles. The zero-order valence-electron chi connectivity index (χ0n) is 6.66. The number of likely N-dealkylation sites (N-methyl/N-ethyl adjacent to an activating group) is 1. The van der Waals surface area contributed by atoms with Crippen LogP contribution in [0.5, 0.6) is 0 Å². The molecule has 1 amide bonds. The number of carbonyl (C=O) groups is 1. The number of ether oxygens (including phenoxy) is 1. The lowest BCUT2D eigenvalue weighted by Crippen LogP contribution is -2.30. The van der Waals surface area contributed by atoms with Crippen LogP contribution in [0.15, 0.2) is 0 Å². The number of cyclic esters (lactones) is 1. The van der Waals surface area contributed by atoms with E-state index in [1.54, 1.807) is 19.2 Å². The summed E-state index contributed by atoms with van der Waals surface area (Å²) in [6.45, 7) is 1.15. The molecule has 5 heteroatoms. The van der Waals surface area contributed by atoms with E-state index in [2.05, 4.69) is 5.32 Å². The average molecular weight is 160 g/mol. The molecule has 0 aromatic rings. The molecule has 1 unspecified atom stereocenters. The molecular formula is C6H12N2O3. The van der Waals surface area contributed by atoms with Crippen LogP contribution in [0, 0.1) is 0 Å². The van der Waals surface area contributed by atoms with E-state index < -0.39 is 0 Å². The van der Waals surface area contributed by atoms with Gasteiger partial charge in [0.05, 0.1) is 20.2 Å². The molecule has 1 N–H and O–H groups in total. The molecule has 1 saturated heterocycles. The number of carbonyl (C=O) groups excluding carboxylic acids is 1. The molecule has 1 rings (SSSR count). The molecule has 11 heavy (non-hydrogen) atoms. The quantitative estimate of drug-likeness (QED) is 0.570. The minimum Gasteiger partial charge on any atom is -0.443 e. The standard InChI is InChI=1S/C6H12N2O3/c1-8(10-2)4-5-3-7-6(9)11-5/h5H,3-4H2,1-2H3,(H,7,9). The smallest absolute Gasteiger partial charge is 0.407 e. The molecule has 0 bridgehead atoms. The maximum atomic E-state index is 10.5. The van der Waals surface area contributed by atoms with Crippen molar-refractivity contribution in [3.05, 3.63) is 0 Å². The predicted octanol–water partition coefficient (Wildman–Crippen LogP) is -0.412. The monoisotopic (exact) mass is 160 g/mol. The maximum absolute atomic E-state index is 10.5. The van der Waals surface area contributed by atoms with Crippen molar-refractivity contribution in [2.45, 2.75) is 6.10 Å². The molecule has 0 aromatic heterocycles. The lowest BCUT2D eigenvalue weighted by molar-refractivity contribution is -0.123. The van der Waals surface area contributed by atoms with Gasteiger partial charge in [-0.2, -0.15) is 5.06 Å². The predicted molar refractivity (Wildman–Crippen MR) is 37.9 cm³/mol. The highest BCUT2D eigenvalue weighted by Crippen LogP contribution is 2.00. The van der Waals surface area contributed by atoms with Crippen LogP contribution < -0.4 is 5.32 Å². The van der Waals surface area contributed by atoms with Crippen molar-refractivity contribution >= 4 is 6.09 Å². The van der Waals surface area contributed by atoms with Crippen LogP contribution >= 0.6 is 0 Å². The van der Waals surface area contributed by atoms with Crippen LogP contribution in [0.1, 0.15) is 0 Å². The van der Waals surface area contributed by atoms with E-state index in [1.165, 1.54) is 0 Å². The van der Waals surface area contributed by atoms with Crippen molar-refractivity contribution in [2.24, 2.45) is 0 Å². The minimum atomic E-state index is -0.348. The minimum absolute atomic E-state index is 0.0903. The third kappa shape index (κ3) is 2.36. The van der Waals surface area contributed by atoms with Crippen molar-refractivity contribution in [2.75, 3.05) is 27.2 Å². The summed E-state index contributed by atoms with van der Waals surface area (Å²) in [5.74, 6) is 0. The SMILES string of the molecule is CON(C)CC1CNC(=O)O1. The van der Waals surface area contributed by atoms with Gasteiger partial charge in [0.1, 0.15) is 6.10 Å². The Labute approximate surface area is 65.2 Å². The topological polar surface area (TPSA) is 50.8 Å². The first-order valence-electron chi connectivity index (χ1n) is 3.42. The normalized spacial score (nSPS) is 23.5. The number of hydroxylamine groups is 2. The van der Waals surface area contributed by atoms with Crippen molar-refractivity contribution in [1.82, 2.24) is 10.4 Å². The Morgan fingerprint density at radius 3 is 3.09 bits per heavy atom. The largest absolute Gasteiger partial charge is 0.443 e. The Hall–Kier alpha value is -0.810. The van der Waals surface area contributed by atoms with E-state index in [1.807, 2.05) is 0 Å². The van der Waals surface area contributed by atoms with Gasteiger partial charge in [0.15, 0.2) is 0 Å². The van der Waals surface area contributed by atoms with Gasteiger partial charge in [-0.1, -0.05) is 0 Å². The van der Waals surface area contributed by atoms with Gasteiger partial charge in [-0.25, -0.2) is 4.79 Å². The zero-order chi connectivity index (χ0) is 8.27. The fraction of sp³-hybridized carbons (Fsp3) is 0.833. The number of amides is 1. The van der Waals surface area contributed by atoms with Crippen molar-refractivity contribution in [3.8, 4) is 0 Å². The molecular weight excluding hydrogens is 148 g/mol. The second kappa shape index (κ2) is 3.54. The van der Waals surface area contributed by atoms with E-state index in [9.17, 15) is 4.79 Å². The van der Waals surface area contributed by atoms with Crippen molar-refractivity contribution in [3.63, 3.8) is 0 Å². The van der Waals surface area contributed by atoms with Gasteiger partial charge in [-0.3, -0.25) is 0 Å². The van der Waals surface area contributed by atoms with Crippen LogP contribution in [0.2, 0.25) is 0 Å². The fourth-order valence-electron chi connectivity index (χ4n) is 0.895. The highest BCUT2D eigenvalue weighted by molar-refractivity contribution is 5.69. The Balaban J connectivity index is 2.22. The molecule has 1 aliphatic heterocycles. The average Bonchev–Trinajstić information content (AvgIpc) is 2.35. The third-order valence-electron chi connectivity index (χ3n) is 1.52. The molecule has 1 aliphatic rings. The summed E-state index contributed by atoms with van der Waals surface area (Å²) >= 11 is 0. The number of hydrogen-bond donors (Lipinski definition) is 1. The Bertz CT molecular complexity index is 151. The Morgan fingerprint density at radius 1 is 1.91 bits per heavy atom. The van der Waals surface area contributed by atoms with Crippen molar-refractivity contribution in [1.29, 1.82) is 0 Å². The van der Waals surface area contributed by atoms with E-state index in [0.29, 0.717) is 13.1 Å². The first-order chi connectivity index (χ1) is 5.22. The number of alkyl carbamates (subject to hydrolysis) is 1. The lowest BCUT2D eigenvalue weighted by Gasteiger charge is -2.16. The van der Waals surface area contributed by atoms with Crippen LogP contribution in [-0.2, 0) is 9.57 Å². The Morgan fingerprint density at radius 2 is 2.64 bits per heavy atom. The third-order valence-corrected chi connectivity index (χ3v) is 1.52. The highest BCUT2D eigenvalue weighted by Gasteiger charge is 2.23. The highest BCUT2D eigenvalue weighted by atomic mass is 16.7. The summed E-state index contributed by atoms with van der Waals surface area (Å²) in [4.78, 5) is 15.4. The van der Waals surface area contributed by atoms with Gasteiger partial charge >= 0.3 is 6.09 Å². The number of nitrogens with one attached hydrogen (secondary N) is 1. The van der Waals surface area contributed by atoms with Gasteiger partial charge in [-0.05, 0) is 0 Å². The number of rotatable bonds is 3. The van der Waals surface area contributed by atoms with Gasteiger partial charge in [0.25, 0.3) is 0 Å². The van der Waals surface area contributed by atoms with E-state index in [0.717, 1.165) is 0 Å². The summed E-state index contributed by atoms with van der Waals surface area (Å²) in [6.07, 6.45) is -0.438. The van der Waals surface area contributed by atoms with Crippen LogP contribution in [0.3, 0.4) is 0 Å². The van der Waals surface area contributed by atoms with E-state index in [-0.39, 0.29) is 12.2 Å². The van der Waals surface area contributed by atoms with Gasteiger partial charge in [-0.15, -0.1) is 0 Å². The maximum Gasteiger partial charge on any atom is 0.407 e. The molecule has 0 radical (unpaired) electrons. The van der Waals surface area contributed by atoms with Crippen LogP contribution in [0.25, 0.3) is 0 Å². The van der Waals surface area contributed by atoms with E-state index >= 15 is 0 Å². The molecule has 1 atom stereocenters. The second-order valence-electron chi connectivity index (χ2n) is 2.40. The van der Waals surface area contributed by atoms with Gasteiger partial charge in [0.2, 0.25) is 0 Å². The lowest BCUT2D eigenvalue weighted by atomic mass is 10.4. The summed E-state index contributed by atoms with van der Waals surface area (Å²) in [5.41, 5.74) is 0. The first-order valence-corrected chi connectivity index (χ1v) is 3.42. The summed E-state index contributed by atoms with van der Waals surface area (Å²) in [6, 6.07) is 0. The molecule has 1 fully saturated rings. The molecule has 0 aromatic carbocycles.